The van der Waals surface area contributed by atoms with Crippen molar-refractivity contribution in [1.29, 1.82) is 0 Å². The van der Waals surface area contributed by atoms with Crippen LogP contribution in [0.15, 0.2) is 70.3 Å². The van der Waals surface area contributed by atoms with Gasteiger partial charge in [0.2, 0.25) is 0 Å². The normalized spacial score (nSPS) is 11.3. The van der Waals surface area contributed by atoms with Crippen molar-refractivity contribution in [3.05, 3.63) is 81.1 Å². The minimum atomic E-state index is -3.95. The molecule has 3 aromatic rings. The molecule has 0 amide bonds. The highest BCUT2D eigenvalue weighted by Crippen LogP contribution is 2.20. The number of anilines is 1. The highest BCUT2D eigenvalue weighted by atomic mass is 79.9. The molecule has 2 aromatic carbocycles. The number of hydrogen-bond donors (Lipinski definition) is 1. The molecule has 26 heavy (non-hydrogen) atoms. The predicted molar refractivity (Wildman–Crippen MR) is 99.4 cm³/mol. The summed E-state index contributed by atoms with van der Waals surface area (Å²) in [6.45, 7) is 0.478. The summed E-state index contributed by atoms with van der Waals surface area (Å²) in [5, 5.41) is 14.9. The van der Waals surface area contributed by atoms with Gasteiger partial charge in [-0.2, -0.15) is 5.10 Å². The van der Waals surface area contributed by atoms with Gasteiger partial charge in [-0.15, -0.1) is 0 Å². The van der Waals surface area contributed by atoms with Crippen molar-refractivity contribution in [2.24, 2.45) is 0 Å². The molecule has 10 heteroatoms. The Hall–Kier alpha value is -2.72. The lowest BCUT2D eigenvalue weighted by atomic mass is 10.2. The number of benzene rings is 2. The van der Waals surface area contributed by atoms with E-state index in [1.807, 2.05) is 24.3 Å². The summed E-state index contributed by atoms with van der Waals surface area (Å²) in [7, 11) is -3.95. The highest BCUT2D eigenvalue weighted by molar-refractivity contribution is 9.10. The monoisotopic (exact) mass is 436 g/mol. The van der Waals surface area contributed by atoms with Crippen LogP contribution >= 0.6 is 15.9 Å². The Kier molecular flexibility index (Phi) is 5.05. The van der Waals surface area contributed by atoms with Gasteiger partial charge < -0.3 is 0 Å². The van der Waals surface area contributed by atoms with Gasteiger partial charge in [-0.05, 0) is 23.8 Å². The number of rotatable bonds is 6. The first-order valence-corrected chi connectivity index (χ1v) is 9.65. The van der Waals surface area contributed by atoms with Gasteiger partial charge in [-0.3, -0.25) is 19.5 Å². The molecule has 134 valence electrons. The van der Waals surface area contributed by atoms with Crippen LogP contribution in [0, 0.1) is 10.1 Å². The number of hydrogen-bond acceptors (Lipinski definition) is 5. The molecule has 8 nitrogen and oxygen atoms in total. The molecule has 0 bridgehead atoms. The Labute approximate surface area is 157 Å². The summed E-state index contributed by atoms with van der Waals surface area (Å²) >= 11 is 3.36. The van der Waals surface area contributed by atoms with Gasteiger partial charge in [0.05, 0.1) is 28.2 Å². The Morgan fingerprint density at radius 3 is 2.62 bits per heavy atom. The molecule has 0 unspecified atom stereocenters. The van der Waals surface area contributed by atoms with Crippen LogP contribution in [0.1, 0.15) is 5.56 Å². The maximum atomic E-state index is 12.4. The minimum Gasteiger partial charge on any atom is -0.276 e. The molecule has 1 N–H and O–H groups in total. The largest absolute Gasteiger partial charge is 0.276 e. The molecule has 0 aliphatic heterocycles. The number of sulfonamides is 1. The first-order valence-electron chi connectivity index (χ1n) is 7.38. The van der Waals surface area contributed by atoms with Crippen molar-refractivity contribution < 1.29 is 13.3 Å². The van der Waals surface area contributed by atoms with E-state index in [4.69, 9.17) is 0 Å². The van der Waals surface area contributed by atoms with E-state index >= 15 is 0 Å². The number of non-ortho nitro benzene ring substituents is 1. The third-order valence-corrected chi connectivity index (χ3v) is 5.39. The Bertz CT molecular complexity index is 1050. The molecule has 0 spiro atoms. The fourth-order valence-corrected chi connectivity index (χ4v) is 3.59. The lowest BCUT2D eigenvalue weighted by Crippen LogP contribution is -2.12. The molecular weight excluding hydrogens is 424 g/mol. The molecular formula is C16H13BrN4O4S. The number of aromatic nitrogens is 2. The van der Waals surface area contributed by atoms with E-state index in [1.54, 1.807) is 10.9 Å². The molecule has 0 aliphatic rings. The number of halogens is 1. The van der Waals surface area contributed by atoms with Crippen molar-refractivity contribution in [3.63, 3.8) is 0 Å². The molecule has 1 aromatic heterocycles. The van der Waals surface area contributed by atoms with Gasteiger partial charge in [-0.25, -0.2) is 8.42 Å². The van der Waals surface area contributed by atoms with Crippen LogP contribution in [0.2, 0.25) is 0 Å². The van der Waals surface area contributed by atoms with E-state index in [9.17, 15) is 18.5 Å². The smallest absolute Gasteiger partial charge is 0.270 e. The summed E-state index contributed by atoms with van der Waals surface area (Å²) in [6, 6.07) is 12.5. The topological polar surface area (TPSA) is 107 Å². The van der Waals surface area contributed by atoms with E-state index in [-0.39, 0.29) is 16.3 Å². The average molecular weight is 437 g/mol. The number of nitrogens with one attached hydrogen (secondary N) is 1. The molecule has 0 saturated heterocycles. The fraction of sp³-hybridized carbons (Fsp3) is 0.0625. The van der Waals surface area contributed by atoms with Crippen LogP contribution in [0.5, 0.6) is 0 Å². The summed E-state index contributed by atoms with van der Waals surface area (Å²) in [5.41, 5.74) is 0.983. The third-order valence-electron chi connectivity index (χ3n) is 3.48. The number of nitro benzene ring substituents is 1. The van der Waals surface area contributed by atoms with E-state index in [2.05, 4.69) is 25.8 Å². The molecule has 0 atom stereocenters. The molecule has 3 rings (SSSR count). The van der Waals surface area contributed by atoms with Crippen molar-refractivity contribution in [3.8, 4) is 0 Å². The predicted octanol–water partition coefficient (Wildman–Crippen LogP) is 3.40. The SMILES string of the molecule is O=[N+]([O-])c1cccc(S(=O)(=O)Nc2cnn(Cc3ccc(Br)cc3)c2)c1. The van der Waals surface area contributed by atoms with Gasteiger partial charge in [-0.1, -0.05) is 34.1 Å². The summed E-state index contributed by atoms with van der Waals surface area (Å²) in [6.07, 6.45) is 2.94. The quantitative estimate of drug-likeness (QED) is 0.470. The zero-order valence-corrected chi connectivity index (χ0v) is 15.6. The van der Waals surface area contributed by atoms with Crippen LogP contribution in [0.25, 0.3) is 0 Å². The van der Waals surface area contributed by atoms with E-state index < -0.39 is 14.9 Å². The third kappa shape index (κ3) is 4.27. The lowest BCUT2D eigenvalue weighted by molar-refractivity contribution is -0.385. The van der Waals surface area contributed by atoms with E-state index in [0.717, 1.165) is 16.1 Å². The van der Waals surface area contributed by atoms with Crippen molar-refractivity contribution in [2.45, 2.75) is 11.4 Å². The average Bonchev–Trinajstić information content (AvgIpc) is 3.03. The number of nitrogens with zero attached hydrogens (tertiary/aromatic N) is 3. The minimum absolute atomic E-state index is 0.188. The highest BCUT2D eigenvalue weighted by Gasteiger charge is 2.18. The van der Waals surface area contributed by atoms with Crippen LogP contribution < -0.4 is 4.72 Å². The van der Waals surface area contributed by atoms with Crippen LogP contribution in [-0.4, -0.2) is 23.1 Å². The summed E-state index contributed by atoms with van der Waals surface area (Å²) in [5.74, 6) is 0. The summed E-state index contributed by atoms with van der Waals surface area (Å²) < 4.78 is 29.7. The van der Waals surface area contributed by atoms with Crippen LogP contribution in [-0.2, 0) is 16.6 Å². The van der Waals surface area contributed by atoms with Gasteiger partial charge in [0.25, 0.3) is 15.7 Å². The van der Waals surface area contributed by atoms with Gasteiger partial charge >= 0.3 is 0 Å². The first kappa shape index (κ1) is 18.1. The second kappa shape index (κ2) is 7.26. The van der Waals surface area contributed by atoms with Gasteiger partial charge in [0.15, 0.2) is 0 Å². The van der Waals surface area contributed by atoms with E-state index in [1.165, 1.54) is 24.4 Å². The second-order valence-corrected chi connectivity index (χ2v) is 8.01. The van der Waals surface area contributed by atoms with Crippen molar-refractivity contribution in [1.82, 2.24) is 9.78 Å². The van der Waals surface area contributed by atoms with Crippen molar-refractivity contribution in [2.75, 3.05) is 4.72 Å². The maximum absolute atomic E-state index is 12.4. The molecule has 0 saturated carbocycles. The maximum Gasteiger partial charge on any atom is 0.270 e. The second-order valence-electron chi connectivity index (χ2n) is 5.41. The van der Waals surface area contributed by atoms with Gasteiger partial charge in [0, 0.05) is 22.8 Å². The molecule has 0 aliphatic carbocycles. The van der Waals surface area contributed by atoms with Crippen LogP contribution in [0.3, 0.4) is 0 Å². The molecule has 1 heterocycles. The van der Waals surface area contributed by atoms with Crippen molar-refractivity contribution >= 4 is 37.3 Å². The zero-order valence-electron chi connectivity index (χ0n) is 13.2. The Morgan fingerprint density at radius 2 is 1.92 bits per heavy atom. The fourth-order valence-electron chi connectivity index (χ4n) is 2.26. The van der Waals surface area contributed by atoms with E-state index in [0.29, 0.717) is 6.54 Å². The molecule has 0 fully saturated rings. The van der Waals surface area contributed by atoms with Gasteiger partial charge in [0.1, 0.15) is 0 Å². The first-order chi connectivity index (χ1) is 12.3. The van der Waals surface area contributed by atoms with Crippen LogP contribution in [0.4, 0.5) is 11.4 Å². The zero-order chi connectivity index (χ0) is 18.7. The Morgan fingerprint density at radius 1 is 1.19 bits per heavy atom. The standard InChI is InChI=1S/C16H13BrN4O4S/c17-13-6-4-12(5-7-13)10-20-11-14(9-18-20)19-26(24,25)16-3-1-2-15(8-16)21(22)23/h1-9,11,19H,10H2. The molecule has 0 radical (unpaired) electrons. The lowest BCUT2D eigenvalue weighted by Gasteiger charge is -2.05. The Balaban J connectivity index is 1.76. The number of nitro groups is 1. The summed E-state index contributed by atoms with van der Waals surface area (Å²) in [4.78, 5) is 9.98.